The molecule has 2 N–H and O–H groups in total. The van der Waals surface area contributed by atoms with Crippen LogP contribution in [-0.4, -0.2) is 45.9 Å². The molecule has 1 saturated heterocycles. The average molecular weight is 177 g/mol. The van der Waals surface area contributed by atoms with E-state index in [1.54, 1.807) is 0 Å². The second-order valence-electron chi connectivity index (χ2n) is 2.62. The van der Waals surface area contributed by atoms with Gasteiger partial charge < -0.3 is 10.2 Å². The van der Waals surface area contributed by atoms with Gasteiger partial charge in [-0.05, 0) is 0 Å². The largest absolute Gasteiger partial charge is 0.480 e. The number of halogens is 1. The molecule has 1 heterocycles. The second kappa shape index (κ2) is 2.96. The van der Waals surface area contributed by atoms with Crippen LogP contribution >= 0.6 is 0 Å². The predicted molar refractivity (Wildman–Crippen MR) is 35.7 cm³/mol. The van der Waals surface area contributed by atoms with E-state index in [2.05, 4.69) is 0 Å². The number of alkyl halides is 1. The van der Waals surface area contributed by atoms with Crippen LogP contribution in [0.5, 0.6) is 0 Å². The van der Waals surface area contributed by atoms with Gasteiger partial charge in [-0.2, -0.15) is 0 Å². The Morgan fingerprint density at radius 2 is 2.00 bits per heavy atom. The maximum Gasteiger partial charge on any atom is 0.408 e. The van der Waals surface area contributed by atoms with Gasteiger partial charge in [0.1, 0.15) is 12.2 Å². The number of rotatable bonds is 1. The standard InChI is InChI=1S/C6H8FNO4/c7-3-1-4(5(9)10)8(2-3)6(11)12/h3-4H,1-2H2,(H,9,10)(H,11,12)/t3-,4?/m0/s1. The van der Waals surface area contributed by atoms with Gasteiger partial charge in [0.05, 0.1) is 6.54 Å². The lowest BCUT2D eigenvalue weighted by Crippen LogP contribution is -2.39. The molecule has 1 fully saturated rings. The number of carboxylic acids is 1. The third-order valence-electron chi connectivity index (χ3n) is 1.78. The van der Waals surface area contributed by atoms with Crippen LogP contribution in [0, 0.1) is 0 Å². The molecule has 6 heteroatoms. The zero-order valence-electron chi connectivity index (χ0n) is 6.11. The summed E-state index contributed by atoms with van der Waals surface area (Å²) in [5, 5.41) is 16.9. The van der Waals surface area contributed by atoms with Gasteiger partial charge in [-0.25, -0.2) is 14.0 Å². The van der Waals surface area contributed by atoms with Gasteiger partial charge in [-0.1, -0.05) is 0 Å². The van der Waals surface area contributed by atoms with Gasteiger partial charge in [-0.15, -0.1) is 0 Å². The van der Waals surface area contributed by atoms with Crippen LogP contribution in [0.1, 0.15) is 6.42 Å². The summed E-state index contributed by atoms with van der Waals surface area (Å²) in [7, 11) is 0. The van der Waals surface area contributed by atoms with Crippen molar-refractivity contribution in [2.75, 3.05) is 6.54 Å². The summed E-state index contributed by atoms with van der Waals surface area (Å²) >= 11 is 0. The third kappa shape index (κ3) is 1.46. The van der Waals surface area contributed by atoms with Crippen molar-refractivity contribution in [3.8, 4) is 0 Å². The summed E-state index contributed by atoms with van der Waals surface area (Å²) in [6, 6.07) is -1.22. The van der Waals surface area contributed by atoms with E-state index < -0.39 is 24.3 Å². The summed E-state index contributed by atoms with van der Waals surface area (Å²) in [6.07, 6.45) is -2.99. The van der Waals surface area contributed by atoms with Gasteiger partial charge >= 0.3 is 12.1 Å². The maximum absolute atomic E-state index is 12.6. The third-order valence-corrected chi connectivity index (χ3v) is 1.78. The van der Waals surface area contributed by atoms with Gasteiger partial charge in [0.25, 0.3) is 0 Å². The highest BCUT2D eigenvalue weighted by atomic mass is 19.1. The number of hydrogen-bond acceptors (Lipinski definition) is 2. The van der Waals surface area contributed by atoms with Crippen LogP contribution in [0.2, 0.25) is 0 Å². The molecule has 2 atom stereocenters. The minimum absolute atomic E-state index is 0.248. The van der Waals surface area contributed by atoms with E-state index in [1.165, 1.54) is 0 Å². The van der Waals surface area contributed by atoms with Crippen LogP contribution in [-0.2, 0) is 4.79 Å². The normalized spacial score (nSPS) is 28.9. The molecular formula is C6H8FNO4. The van der Waals surface area contributed by atoms with Crippen molar-refractivity contribution >= 4 is 12.1 Å². The Bertz CT molecular complexity index is 198. The Morgan fingerprint density at radius 1 is 1.42 bits per heavy atom. The molecule has 0 bridgehead atoms. The SMILES string of the molecule is O=C(O)C1C[C@H](F)CN1C(=O)O. The molecule has 0 saturated carbocycles. The van der Waals surface area contributed by atoms with Crippen LogP contribution in [0.3, 0.4) is 0 Å². The molecular weight excluding hydrogens is 169 g/mol. The number of hydrogen-bond donors (Lipinski definition) is 2. The van der Waals surface area contributed by atoms with Crippen LogP contribution < -0.4 is 0 Å². The molecule has 0 aliphatic carbocycles. The Balaban J connectivity index is 2.72. The molecule has 0 aromatic carbocycles. The van der Waals surface area contributed by atoms with Gasteiger partial charge in [0.15, 0.2) is 0 Å². The number of aliphatic carboxylic acids is 1. The summed E-state index contributed by atoms with van der Waals surface area (Å²) in [5.41, 5.74) is 0. The average Bonchev–Trinajstić information content (AvgIpc) is 2.31. The minimum Gasteiger partial charge on any atom is -0.480 e. The Kier molecular flexibility index (Phi) is 2.16. The molecule has 0 spiro atoms. The van der Waals surface area contributed by atoms with Crippen LogP contribution in [0.25, 0.3) is 0 Å². The summed E-state index contributed by atoms with van der Waals surface area (Å²) in [6.45, 7) is -0.341. The van der Waals surface area contributed by atoms with E-state index in [0.29, 0.717) is 4.90 Å². The van der Waals surface area contributed by atoms with E-state index in [0.717, 1.165) is 0 Å². The Labute approximate surface area is 67.4 Å². The minimum atomic E-state index is -1.39. The first-order valence-electron chi connectivity index (χ1n) is 3.39. The number of amides is 1. The first-order valence-corrected chi connectivity index (χ1v) is 3.39. The first-order chi connectivity index (χ1) is 5.52. The predicted octanol–water partition coefficient (Wildman–Crippen LogP) is 0.161. The van der Waals surface area contributed by atoms with Gasteiger partial charge in [-0.3, -0.25) is 4.90 Å². The molecule has 1 aliphatic rings. The number of carboxylic acid groups (broad SMARTS) is 2. The Hall–Kier alpha value is -1.33. The molecule has 1 unspecified atom stereocenters. The molecule has 1 rings (SSSR count). The molecule has 0 aromatic heterocycles. The van der Waals surface area contributed by atoms with E-state index >= 15 is 0 Å². The molecule has 68 valence electrons. The fourth-order valence-corrected chi connectivity index (χ4v) is 1.23. The van der Waals surface area contributed by atoms with Crippen molar-refractivity contribution in [2.45, 2.75) is 18.6 Å². The second-order valence-corrected chi connectivity index (χ2v) is 2.62. The monoisotopic (exact) mass is 177 g/mol. The highest BCUT2D eigenvalue weighted by Gasteiger charge is 2.39. The molecule has 0 aromatic rings. The smallest absolute Gasteiger partial charge is 0.408 e. The lowest BCUT2D eigenvalue weighted by atomic mass is 10.2. The van der Waals surface area contributed by atoms with E-state index in [1.807, 2.05) is 0 Å². The van der Waals surface area contributed by atoms with Crippen LogP contribution in [0.15, 0.2) is 0 Å². The highest BCUT2D eigenvalue weighted by molar-refractivity contribution is 5.80. The Morgan fingerprint density at radius 3 is 2.33 bits per heavy atom. The van der Waals surface area contributed by atoms with E-state index in [9.17, 15) is 14.0 Å². The molecule has 0 radical (unpaired) electrons. The molecule has 1 amide bonds. The summed E-state index contributed by atoms with van der Waals surface area (Å²) < 4.78 is 12.6. The van der Waals surface area contributed by atoms with E-state index in [4.69, 9.17) is 10.2 Å². The number of likely N-dealkylation sites (tertiary alicyclic amines) is 1. The summed E-state index contributed by atoms with van der Waals surface area (Å²) in [4.78, 5) is 21.4. The highest BCUT2D eigenvalue weighted by Crippen LogP contribution is 2.20. The van der Waals surface area contributed by atoms with Gasteiger partial charge in [0.2, 0.25) is 0 Å². The maximum atomic E-state index is 12.6. The van der Waals surface area contributed by atoms with Crippen LogP contribution in [0.4, 0.5) is 9.18 Å². The van der Waals surface area contributed by atoms with Crippen molar-refractivity contribution in [1.82, 2.24) is 4.90 Å². The van der Waals surface area contributed by atoms with E-state index in [-0.39, 0.29) is 13.0 Å². The molecule has 5 nitrogen and oxygen atoms in total. The van der Waals surface area contributed by atoms with Crippen molar-refractivity contribution in [3.63, 3.8) is 0 Å². The number of nitrogens with zero attached hydrogens (tertiary/aromatic N) is 1. The van der Waals surface area contributed by atoms with Gasteiger partial charge in [0, 0.05) is 6.42 Å². The van der Waals surface area contributed by atoms with Crippen molar-refractivity contribution < 1.29 is 24.2 Å². The molecule has 12 heavy (non-hydrogen) atoms. The fraction of sp³-hybridized carbons (Fsp3) is 0.667. The summed E-state index contributed by atoms with van der Waals surface area (Å²) in [5.74, 6) is -1.29. The lowest BCUT2D eigenvalue weighted by Gasteiger charge is -2.16. The molecule has 1 aliphatic heterocycles. The van der Waals surface area contributed by atoms with Crippen molar-refractivity contribution in [3.05, 3.63) is 0 Å². The topological polar surface area (TPSA) is 77.8 Å². The fourth-order valence-electron chi connectivity index (χ4n) is 1.23. The first kappa shape index (κ1) is 8.76. The zero-order valence-corrected chi connectivity index (χ0v) is 6.11. The van der Waals surface area contributed by atoms with Crippen molar-refractivity contribution in [1.29, 1.82) is 0 Å². The van der Waals surface area contributed by atoms with Crippen molar-refractivity contribution in [2.24, 2.45) is 0 Å². The lowest BCUT2D eigenvalue weighted by molar-refractivity contribution is -0.141. The zero-order chi connectivity index (χ0) is 9.30. The quantitative estimate of drug-likeness (QED) is 0.598. The number of carbonyl (C=O) groups is 2.